The van der Waals surface area contributed by atoms with Crippen LogP contribution in [-0.4, -0.2) is 36.3 Å². The fourth-order valence-electron chi connectivity index (χ4n) is 3.51. The number of ether oxygens (including phenoxy) is 2. The zero-order chi connectivity index (χ0) is 21.5. The van der Waals surface area contributed by atoms with Crippen LogP contribution < -0.4 is 14.4 Å². The largest absolute Gasteiger partial charge is 0.490 e. The maximum absolute atomic E-state index is 6.02. The molecule has 5 nitrogen and oxygen atoms in total. The molecule has 0 unspecified atom stereocenters. The Hall–Kier alpha value is -3.60. The molecule has 0 atom stereocenters. The molecule has 31 heavy (non-hydrogen) atoms. The van der Waals surface area contributed by atoms with Crippen LogP contribution >= 0.6 is 0 Å². The van der Waals surface area contributed by atoms with Gasteiger partial charge in [-0.15, -0.1) is 0 Å². The summed E-state index contributed by atoms with van der Waals surface area (Å²) in [6.07, 6.45) is 0. The Morgan fingerprint density at radius 1 is 0.710 bits per heavy atom. The number of fused-ring (bicyclic) bond motifs is 1. The summed E-state index contributed by atoms with van der Waals surface area (Å²) in [6, 6.07) is 26.0. The van der Waals surface area contributed by atoms with Crippen molar-refractivity contribution in [2.24, 2.45) is 0 Å². The standard InChI is InChI=1S/C26H27N3O2/c1-3-29(4-2)21-16-14-20(15-17-21)25-27-24-13-9-8-12-23(24)26(28-25)31-19-18-30-22-10-6-5-7-11-22/h5-17H,3-4,18-19H2,1-2H3. The summed E-state index contributed by atoms with van der Waals surface area (Å²) in [6.45, 7) is 7.12. The van der Waals surface area contributed by atoms with Crippen LogP contribution in [0.25, 0.3) is 22.3 Å². The maximum atomic E-state index is 6.02. The van der Waals surface area contributed by atoms with Gasteiger partial charge in [0.05, 0.1) is 10.9 Å². The smallest absolute Gasteiger partial charge is 0.225 e. The monoisotopic (exact) mass is 413 g/mol. The van der Waals surface area contributed by atoms with Crippen LogP contribution in [0.2, 0.25) is 0 Å². The van der Waals surface area contributed by atoms with E-state index in [4.69, 9.17) is 19.4 Å². The molecule has 0 spiro atoms. The van der Waals surface area contributed by atoms with E-state index in [2.05, 4.69) is 43.0 Å². The first-order valence-corrected chi connectivity index (χ1v) is 10.7. The molecule has 0 aliphatic rings. The van der Waals surface area contributed by atoms with Gasteiger partial charge >= 0.3 is 0 Å². The molecule has 0 aliphatic heterocycles. The molecule has 0 amide bonds. The lowest BCUT2D eigenvalue weighted by atomic mass is 10.1. The van der Waals surface area contributed by atoms with Crippen LogP contribution in [0.3, 0.4) is 0 Å². The average molecular weight is 414 g/mol. The van der Waals surface area contributed by atoms with E-state index in [1.165, 1.54) is 5.69 Å². The van der Waals surface area contributed by atoms with Gasteiger partial charge in [0.1, 0.15) is 19.0 Å². The molecular formula is C26H27N3O2. The molecule has 158 valence electrons. The van der Waals surface area contributed by atoms with Gasteiger partial charge in [0.25, 0.3) is 0 Å². The van der Waals surface area contributed by atoms with Gasteiger partial charge in [0.2, 0.25) is 5.88 Å². The molecule has 0 saturated carbocycles. The molecule has 0 aliphatic carbocycles. The lowest BCUT2D eigenvalue weighted by Crippen LogP contribution is -2.21. The number of hydrogen-bond donors (Lipinski definition) is 0. The highest BCUT2D eigenvalue weighted by Gasteiger charge is 2.11. The van der Waals surface area contributed by atoms with E-state index in [1.807, 2.05) is 54.6 Å². The van der Waals surface area contributed by atoms with Crippen LogP contribution in [0, 0.1) is 0 Å². The molecule has 3 aromatic carbocycles. The van der Waals surface area contributed by atoms with Crippen LogP contribution in [-0.2, 0) is 0 Å². The number of aromatic nitrogens is 2. The summed E-state index contributed by atoms with van der Waals surface area (Å²) >= 11 is 0. The third-order valence-electron chi connectivity index (χ3n) is 5.16. The zero-order valence-corrected chi connectivity index (χ0v) is 18.0. The van der Waals surface area contributed by atoms with Gasteiger partial charge in [0.15, 0.2) is 5.82 Å². The topological polar surface area (TPSA) is 47.5 Å². The quantitative estimate of drug-likeness (QED) is 0.334. The number of nitrogens with zero attached hydrogens (tertiary/aromatic N) is 3. The van der Waals surface area contributed by atoms with Gasteiger partial charge in [-0.05, 0) is 62.4 Å². The molecule has 0 radical (unpaired) electrons. The molecule has 4 rings (SSSR count). The summed E-state index contributed by atoms with van der Waals surface area (Å²) in [4.78, 5) is 11.8. The lowest BCUT2D eigenvalue weighted by Gasteiger charge is -2.21. The molecule has 0 saturated heterocycles. The minimum atomic E-state index is 0.399. The van der Waals surface area contributed by atoms with E-state index in [-0.39, 0.29) is 0 Å². The summed E-state index contributed by atoms with van der Waals surface area (Å²) in [5.41, 5.74) is 3.02. The lowest BCUT2D eigenvalue weighted by molar-refractivity contribution is 0.214. The average Bonchev–Trinajstić information content (AvgIpc) is 2.83. The fourth-order valence-corrected chi connectivity index (χ4v) is 3.51. The van der Waals surface area contributed by atoms with E-state index in [1.54, 1.807) is 0 Å². The third-order valence-corrected chi connectivity index (χ3v) is 5.16. The molecule has 0 fully saturated rings. The van der Waals surface area contributed by atoms with Crippen molar-refractivity contribution in [2.45, 2.75) is 13.8 Å². The molecule has 5 heteroatoms. The van der Waals surface area contributed by atoms with Crippen LogP contribution in [0.4, 0.5) is 5.69 Å². The fraction of sp³-hybridized carbons (Fsp3) is 0.231. The van der Waals surface area contributed by atoms with E-state index in [0.29, 0.717) is 24.9 Å². The Bertz CT molecular complexity index is 1110. The minimum Gasteiger partial charge on any atom is -0.490 e. The van der Waals surface area contributed by atoms with Gasteiger partial charge in [0, 0.05) is 24.3 Å². The van der Waals surface area contributed by atoms with E-state index < -0.39 is 0 Å². The van der Waals surface area contributed by atoms with Crippen molar-refractivity contribution in [3.8, 4) is 23.0 Å². The minimum absolute atomic E-state index is 0.399. The van der Waals surface area contributed by atoms with Crippen molar-refractivity contribution in [1.29, 1.82) is 0 Å². The first-order chi connectivity index (χ1) is 15.3. The Labute approximate surface area is 183 Å². The summed E-state index contributed by atoms with van der Waals surface area (Å²) < 4.78 is 11.8. The molecule has 0 N–H and O–H groups in total. The van der Waals surface area contributed by atoms with Crippen LogP contribution in [0.1, 0.15) is 13.8 Å². The van der Waals surface area contributed by atoms with Crippen LogP contribution in [0.15, 0.2) is 78.9 Å². The van der Waals surface area contributed by atoms with E-state index in [9.17, 15) is 0 Å². The number of anilines is 1. The SMILES string of the molecule is CCN(CC)c1ccc(-c2nc(OCCOc3ccccc3)c3ccccc3n2)cc1. The summed E-state index contributed by atoms with van der Waals surface area (Å²) in [5, 5.41) is 0.894. The van der Waals surface area contributed by atoms with Gasteiger partial charge < -0.3 is 14.4 Å². The molecule has 1 aromatic heterocycles. The number of para-hydroxylation sites is 2. The third kappa shape index (κ3) is 4.94. The predicted molar refractivity (Wildman–Crippen MR) is 126 cm³/mol. The second-order valence-electron chi connectivity index (χ2n) is 7.10. The molecule has 1 heterocycles. The van der Waals surface area contributed by atoms with E-state index in [0.717, 1.165) is 35.3 Å². The molecule has 0 bridgehead atoms. The van der Waals surface area contributed by atoms with Gasteiger partial charge in [-0.25, -0.2) is 4.98 Å². The number of hydrogen-bond acceptors (Lipinski definition) is 5. The van der Waals surface area contributed by atoms with Gasteiger partial charge in [-0.1, -0.05) is 30.3 Å². The number of benzene rings is 3. The molecular weight excluding hydrogens is 386 g/mol. The predicted octanol–water partition coefficient (Wildman–Crippen LogP) is 5.60. The van der Waals surface area contributed by atoms with Crippen molar-refractivity contribution in [1.82, 2.24) is 9.97 Å². The number of rotatable bonds is 9. The zero-order valence-electron chi connectivity index (χ0n) is 18.0. The Morgan fingerprint density at radius 3 is 2.13 bits per heavy atom. The highest BCUT2D eigenvalue weighted by atomic mass is 16.5. The van der Waals surface area contributed by atoms with Gasteiger partial charge in [-0.2, -0.15) is 4.98 Å². The van der Waals surface area contributed by atoms with Crippen molar-refractivity contribution >= 4 is 16.6 Å². The normalized spacial score (nSPS) is 10.8. The van der Waals surface area contributed by atoms with Crippen molar-refractivity contribution < 1.29 is 9.47 Å². The maximum Gasteiger partial charge on any atom is 0.225 e. The van der Waals surface area contributed by atoms with Crippen molar-refractivity contribution in [3.05, 3.63) is 78.9 Å². The Morgan fingerprint density at radius 2 is 1.39 bits per heavy atom. The Kier molecular flexibility index (Phi) is 6.62. The first kappa shape index (κ1) is 20.7. The van der Waals surface area contributed by atoms with Crippen molar-refractivity contribution in [3.63, 3.8) is 0 Å². The van der Waals surface area contributed by atoms with E-state index >= 15 is 0 Å². The van der Waals surface area contributed by atoms with Crippen molar-refractivity contribution in [2.75, 3.05) is 31.2 Å². The van der Waals surface area contributed by atoms with Crippen LogP contribution in [0.5, 0.6) is 11.6 Å². The highest BCUT2D eigenvalue weighted by molar-refractivity contribution is 5.85. The second kappa shape index (κ2) is 9.94. The molecule has 4 aromatic rings. The summed E-state index contributed by atoms with van der Waals surface area (Å²) in [5.74, 6) is 2.06. The van der Waals surface area contributed by atoms with Gasteiger partial charge in [-0.3, -0.25) is 0 Å². The first-order valence-electron chi connectivity index (χ1n) is 10.7. The summed E-state index contributed by atoms with van der Waals surface area (Å²) in [7, 11) is 0. The Balaban J connectivity index is 1.54. The second-order valence-corrected chi connectivity index (χ2v) is 7.10. The highest BCUT2D eigenvalue weighted by Crippen LogP contribution is 2.27.